The van der Waals surface area contributed by atoms with Gasteiger partial charge in [-0.25, -0.2) is 4.68 Å². The number of hydrogen-bond donors (Lipinski definition) is 0. The van der Waals surface area contributed by atoms with Gasteiger partial charge in [-0.3, -0.25) is 9.69 Å². The predicted molar refractivity (Wildman–Crippen MR) is 97.7 cm³/mol. The van der Waals surface area contributed by atoms with Gasteiger partial charge in [-0.2, -0.15) is 18.3 Å². The molecule has 1 aliphatic rings. The van der Waals surface area contributed by atoms with Gasteiger partial charge in [0.2, 0.25) is 0 Å². The smallest absolute Gasteiger partial charge is 0.282 e. The standard InChI is InChI=1S/C20H20F3N3O/c1-4-18(27)25(13(2)3)14-9-11-15(12-10-14)26-17-8-6-5-7-16(17)19(24-26)20(21,22)23/h4,9-12H,1-2,5-8H2,3H3. The van der Waals surface area contributed by atoms with E-state index in [2.05, 4.69) is 18.3 Å². The summed E-state index contributed by atoms with van der Waals surface area (Å²) in [7, 11) is 0. The summed E-state index contributed by atoms with van der Waals surface area (Å²) < 4.78 is 41.4. The molecule has 1 aliphatic carbocycles. The summed E-state index contributed by atoms with van der Waals surface area (Å²) in [5, 5.41) is 3.87. The Labute approximate surface area is 155 Å². The van der Waals surface area contributed by atoms with Crippen LogP contribution in [0.15, 0.2) is 49.2 Å². The lowest BCUT2D eigenvalue weighted by Gasteiger charge is -2.21. The van der Waals surface area contributed by atoms with E-state index in [1.54, 1.807) is 31.2 Å². The van der Waals surface area contributed by atoms with Crippen molar-refractivity contribution in [2.24, 2.45) is 0 Å². The van der Waals surface area contributed by atoms with E-state index in [4.69, 9.17) is 0 Å². The number of benzene rings is 1. The first-order chi connectivity index (χ1) is 12.7. The lowest BCUT2D eigenvalue weighted by Crippen LogP contribution is -2.26. The molecule has 142 valence electrons. The molecule has 27 heavy (non-hydrogen) atoms. The monoisotopic (exact) mass is 375 g/mol. The van der Waals surface area contributed by atoms with E-state index in [0.29, 0.717) is 41.2 Å². The number of fused-ring (bicyclic) bond motifs is 1. The van der Waals surface area contributed by atoms with Crippen molar-refractivity contribution >= 4 is 11.6 Å². The number of alkyl halides is 3. The van der Waals surface area contributed by atoms with E-state index < -0.39 is 11.9 Å². The zero-order chi connectivity index (χ0) is 19.8. The Morgan fingerprint density at radius 2 is 1.85 bits per heavy atom. The van der Waals surface area contributed by atoms with Crippen LogP contribution < -0.4 is 4.90 Å². The number of carbonyl (C=O) groups excluding carboxylic acids is 1. The highest BCUT2D eigenvalue weighted by atomic mass is 19.4. The molecule has 1 amide bonds. The fourth-order valence-corrected chi connectivity index (χ4v) is 3.41. The number of carbonyl (C=O) groups is 1. The quantitative estimate of drug-likeness (QED) is 0.719. The second-order valence-corrected chi connectivity index (χ2v) is 6.52. The van der Waals surface area contributed by atoms with Crippen LogP contribution in [-0.4, -0.2) is 15.7 Å². The summed E-state index contributed by atoms with van der Waals surface area (Å²) in [5.74, 6) is -0.328. The normalized spacial score (nSPS) is 13.8. The molecule has 0 atom stereocenters. The number of allylic oxidation sites excluding steroid dienone is 1. The van der Waals surface area contributed by atoms with Gasteiger partial charge < -0.3 is 0 Å². The van der Waals surface area contributed by atoms with Crippen molar-refractivity contribution in [1.29, 1.82) is 0 Å². The van der Waals surface area contributed by atoms with E-state index >= 15 is 0 Å². The number of nitrogens with zero attached hydrogens (tertiary/aromatic N) is 3. The molecule has 0 N–H and O–H groups in total. The first kappa shape index (κ1) is 18.9. The Morgan fingerprint density at radius 1 is 1.22 bits per heavy atom. The zero-order valence-electron chi connectivity index (χ0n) is 15.0. The molecule has 0 saturated carbocycles. The molecule has 0 fully saturated rings. The van der Waals surface area contributed by atoms with Crippen LogP contribution in [0.5, 0.6) is 0 Å². The highest BCUT2D eigenvalue weighted by Crippen LogP contribution is 2.37. The molecular formula is C20H20F3N3O. The molecule has 0 unspecified atom stereocenters. The van der Waals surface area contributed by atoms with Crippen molar-refractivity contribution < 1.29 is 18.0 Å². The molecule has 4 nitrogen and oxygen atoms in total. The molecule has 0 spiro atoms. The zero-order valence-corrected chi connectivity index (χ0v) is 15.0. The number of aromatic nitrogens is 2. The van der Waals surface area contributed by atoms with Crippen molar-refractivity contribution in [3.05, 3.63) is 66.1 Å². The molecular weight excluding hydrogens is 355 g/mol. The Hall–Kier alpha value is -2.83. The van der Waals surface area contributed by atoms with Crippen LogP contribution in [0.2, 0.25) is 0 Å². The van der Waals surface area contributed by atoms with Gasteiger partial charge in [0.25, 0.3) is 5.91 Å². The average Bonchev–Trinajstić information content (AvgIpc) is 3.02. The second kappa shape index (κ2) is 7.06. The van der Waals surface area contributed by atoms with Crippen molar-refractivity contribution in [2.75, 3.05) is 4.90 Å². The molecule has 0 bridgehead atoms. The highest BCUT2D eigenvalue weighted by molar-refractivity contribution is 6.03. The largest absolute Gasteiger partial charge is 0.435 e. The second-order valence-electron chi connectivity index (χ2n) is 6.52. The lowest BCUT2D eigenvalue weighted by atomic mass is 9.95. The van der Waals surface area contributed by atoms with E-state index in [9.17, 15) is 18.0 Å². The van der Waals surface area contributed by atoms with Crippen LogP contribution in [0, 0.1) is 0 Å². The first-order valence-electron chi connectivity index (χ1n) is 8.64. The molecule has 7 heteroatoms. The van der Waals surface area contributed by atoms with Crippen LogP contribution >= 0.6 is 0 Å². The van der Waals surface area contributed by atoms with Gasteiger partial charge in [-0.15, -0.1) is 0 Å². The molecule has 1 aromatic carbocycles. The van der Waals surface area contributed by atoms with Crippen LogP contribution in [0.4, 0.5) is 18.9 Å². The molecule has 0 saturated heterocycles. The number of anilines is 1. The van der Waals surface area contributed by atoms with Crippen molar-refractivity contribution in [2.45, 2.75) is 38.8 Å². The van der Waals surface area contributed by atoms with Crippen molar-refractivity contribution in [3.63, 3.8) is 0 Å². The van der Waals surface area contributed by atoms with Crippen LogP contribution in [0.25, 0.3) is 5.69 Å². The van der Waals surface area contributed by atoms with Gasteiger partial charge in [0.15, 0.2) is 5.69 Å². The van der Waals surface area contributed by atoms with E-state index in [1.165, 1.54) is 15.7 Å². The average molecular weight is 375 g/mol. The molecule has 0 radical (unpaired) electrons. The highest BCUT2D eigenvalue weighted by Gasteiger charge is 2.39. The SMILES string of the molecule is C=CC(=O)N(C(=C)C)c1ccc(-n2nc(C(F)(F)F)c3c2CCCC3)cc1. The first-order valence-corrected chi connectivity index (χ1v) is 8.64. The summed E-state index contributed by atoms with van der Waals surface area (Å²) in [6.45, 7) is 8.95. The van der Waals surface area contributed by atoms with E-state index in [0.717, 1.165) is 12.8 Å². The Kier molecular flexibility index (Phi) is 4.95. The number of hydrogen-bond acceptors (Lipinski definition) is 2. The fraction of sp³-hybridized carbons (Fsp3) is 0.300. The lowest BCUT2D eigenvalue weighted by molar-refractivity contribution is -0.142. The maximum Gasteiger partial charge on any atom is 0.435 e. The fourth-order valence-electron chi connectivity index (χ4n) is 3.41. The molecule has 1 heterocycles. The molecule has 3 rings (SSSR count). The summed E-state index contributed by atoms with van der Waals surface area (Å²) in [6, 6.07) is 6.64. The maximum absolute atomic E-state index is 13.4. The summed E-state index contributed by atoms with van der Waals surface area (Å²) >= 11 is 0. The van der Waals surface area contributed by atoms with E-state index in [1.807, 2.05) is 0 Å². The van der Waals surface area contributed by atoms with Gasteiger partial charge in [0.05, 0.1) is 5.69 Å². The number of amides is 1. The van der Waals surface area contributed by atoms with Gasteiger partial charge in [-0.05, 0) is 62.9 Å². The van der Waals surface area contributed by atoms with Gasteiger partial charge in [-0.1, -0.05) is 13.2 Å². The molecule has 2 aromatic rings. The number of rotatable bonds is 4. The topological polar surface area (TPSA) is 38.1 Å². The van der Waals surface area contributed by atoms with Crippen LogP contribution in [0.1, 0.15) is 36.7 Å². The third kappa shape index (κ3) is 3.54. The Bertz CT molecular complexity index is 894. The minimum atomic E-state index is -4.47. The van der Waals surface area contributed by atoms with Gasteiger partial charge >= 0.3 is 6.18 Å². The maximum atomic E-state index is 13.4. The minimum Gasteiger partial charge on any atom is -0.282 e. The predicted octanol–water partition coefficient (Wildman–Crippen LogP) is 4.82. The van der Waals surface area contributed by atoms with E-state index in [-0.39, 0.29) is 5.91 Å². The Morgan fingerprint density at radius 3 is 2.41 bits per heavy atom. The summed E-state index contributed by atoms with van der Waals surface area (Å²) in [6.07, 6.45) is -0.766. The molecule has 1 aromatic heterocycles. The Balaban J connectivity index is 2.03. The molecule has 0 aliphatic heterocycles. The van der Waals surface area contributed by atoms with Crippen molar-refractivity contribution in [3.8, 4) is 5.69 Å². The third-order valence-electron chi connectivity index (χ3n) is 4.58. The van der Waals surface area contributed by atoms with Gasteiger partial charge in [0, 0.05) is 22.6 Å². The van der Waals surface area contributed by atoms with Gasteiger partial charge in [0.1, 0.15) is 0 Å². The van der Waals surface area contributed by atoms with Crippen LogP contribution in [0.3, 0.4) is 0 Å². The number of halogens is 3. The summed E-state index contributed by atoms with van der Waals surface area (Å²) in [5.41, 5.74) is 1.71. The minimum absolute atomic E-state index is 0.295. The van der Waals surface area contributed by atoms with Crippen LogP contribution in [-0.2, 0) is 23.8 Å². The third-order valence-corrected chi connectivity index (χ3v) is 4.58. The van der Waals surface area contributed by atoms with Crippen molar-refractivity contribution in [1.82, 2.24) is 9.78 Å². The summed E-state index contributed by atoms with van der Waals surface area (Å²) in [4.78, 5) is 13.4.